The molecule has 0 saturated carbocycles. The molecule has 2 atom stereocenters. The van der Waals surface area contributed by atoms with Crippen molar-refractivity contribution in [1.29, 1.82) is 0 Å². The topological polar surface area (TPSA) is 69.4 Å². The Labute approximate surface area is 116 Å². The molecule has 1 heterocycles. The lowest BCUT2D eigenvalue weighted by atomic mass is 9.67. The van der Waals surface area contributed by atoms with Crippen molar-refractivity contribution in [3.63, 3.8) is 0 Å². The van der Waals surface area contributed by atoms with Crippen LogP contribution in [0.1, 0.15) is 38.2 Å². The molecule has 1 aromatic rings. The molecule has 0 spiro atoms. The predicted octanol–water partition coefficient (Wildman–Crippen LogP) is 2.83. The van der Waals surface area contributed by atoms with Gasteiger partial charge in [0.25, 0.3) is 0 Å². The Morgan fingerprint density at radius 3 is 2.70 bits per heavy atom. The van der Waals surface area contributed by atoms with Crippen LogP contribution >= 0.6 is 0 Å². The zero-order valence-electron chi connectivity index (χ0n) is 11.4. The molecule has 0 unspecified atom stereocenters. The van der Waals surface area contributed by atoms with Crippen LogP contribution in [0.25, 0.3) is 0 Å². The smallest absolute Gasteiger partial charge is 0.391 e. The summed E-state index contributed by atoms with van der Waals surface area (Å²) >= 11 is 0. The highest BCUT2D eigenvalue weighted by molar-refractivity contribution is 5.86. The SMILES string of the molecule is CC1=C(C)C[C@@]2([N+](=O)[O-])C(=O)Oc3ccccc3[C@H]2C1. The molecule has 1 aromatic carbocycles. The van der Waals surface area contributed by atoms with Crippen LogP contribution in [0, 0.1) is 10.1 Å². The van der Waals surface area contributed by atoms with Gasteiger partial charge in [-0.25, -0.2) is 4.79 Å². The molecule has 5 nitrogen and oxygen atoms in total. The second kappa shape index (κ2) is 4.16. The maximum atomic E-state index is 12.3. The van der Waals surface area contributed by atoms with Crippen LogP contribution < -0.4 is 4.74 Å². The van der Waals surface area contributed by atoms with Crippen LogP contribution in [0.2, 0.25) is 0 Å². The highest BCUT2D eigenvalue weighted by Gasteiger charge is 2.63. The molecule has 0 radical (unpaired) electrons. The van der Waals surface area contributed by atoms with Gasteiger partial charge < -0.3 is 4.74 Å². The van der Waals surface area contributed by atoms with E-state index in [-0.39, 0.29) is 6.42 Å². The van der Waals surface area contributed by atoms with Gasteiger partial charge >= 0.3 is 11.5 Å². The van der Waals surface area contributed by atoms with Gasteiger partial charge in [0.05, 0.1) is 12.3 Å². The number of fused-ring (bicyclic) bond motifs is 3. The number of allylic oxidation sites excluding steroid dienone is 1. The van der Waals surface area contributed by atoms with Gasteiger partial charge in [-0.15, -0.1) is 0 Å². The highest BCUT2D eigenvalue weighted by atomic mass is 16.6. The van der Waals surface area contributed by atoms with Crippen LogP contribution in [0.15, 0.2) is 35.4 Å². The van der Waals surface area contributed by atoms with Gasteiger partial charge in [-0.3, -0.25) is 10.1 Å². The zero-order valence-corrected chi connectivity index (χ0v) is 11.4. The second-order valence-corrected chi connectivity index (χ2v) is 5.60. The van der Waals surface area contributed by atoms with E-state index in [4.69, 9.17) is 4.74 Å². The van der Waals surface area contributed by atoms with E-state index in [1.54, 1.807) is 12.1 Å². The van der Waals surface area contributed by atoms with Crippen molar-refractivity contribution in [1.82, 2.24) is 0 Å². The van der Waals surface area contributed by atoms with Gasteiger partial charge in [-0.05, 0) is 26.3 Å². The number of esters is 1. The third-order valence-electron chi connectivity index (χ3n) is 4.53. The number of benzene rings is 1. The molecule has 20 heavy (non-hydrogen) atoms. The second-order valence-electron chi connectivity index (χ2n) is 5.60. The summed E-state index contributed by atoms with van der Waals surface area (Å²) in [5.74, 6) is -0.732. The number of hydrogen-bond donors (Lipinski definition) is 0. The molecule has 1 aliphatic carbocycles. The quantitative estimate of drug-likeness (QED) is 0.259. The molecule has 0 N–H and O–H groups in total. The summed E-state index contributed by atoms with van der Waals surface area (Å²) in [5, 5.41) is 11.7. The summed E-state index contributed by atoms with van der Waals surface area (Å²) < 4.78 is 5.25. The van der Waals surface area contributed by atoms with Crippen LogP contribution in [-0.2, 0) is 4.79 Å². The summed E-state index contributed by atoms with van der Waals surface area (Å²) in [7, 11) is 0. The molecule has 2 aliphatic rings. The Bertz CT molecular complexity index is 649. The first-order valence-electron chi connectivity index (χ1n) is 6.57. The summed E-state index contributed by atoms with van der Waals surface area (Å²) in [6.45, 7) is 3.83. The van der Waals surface area contributed by atoms with E-state index in [9.17, 15) is 14.9 Å². The fraction of sp³-hybridized carbons (Fsp3) is 0.400. The van der Waals surface area contributed by atoms with E-state index in [0.29, 0.717) is 12.2 Å². The predicted molar refractivity (Wildman–Crippen MR) is 72.2 cm³/mol. The molecule has 104 valence electrons. The van der Waals surface area contributed by atoms with E-state index < -0.39 is 22.3 Å². The van der Waals surface area contributed by atoms with Gasteiger partial charge in [-0.2, -0.15) is 0 Å². The lowest BCUT2D eigenvalue weighted by Gasteiger charge is -2.39. The van der Waals surface area contributed by atoms with Gasteiger partial charge in [0.15, 0.2) is 0 Å². The first kappa shape index (κ1) is 12.8. The molecule has 5 heteroatoms. The normalized spacial score (nSPS) is 28.5. The highest BCUT2D eigenvalue weighted by Crippen LogP contribution is 2.50. The Morgan fingerprint density at radius 2 is 2.00 bits per heavy atom. The molecule has 0 bridgehead atoms. The molecule has 0 fully saturated rings. The van der Waals surface area contributed by atoms with Crippen molar-refractivity contribution in [2.75, 3.05) is 0 Å². The van der Waals surface area contributed by atoms with E-state index in [2.05, 4.69) is 0 Å². The molecule has 3 rings (SSSR count). The number of ether oxygens (including phenoxy) is 1. The number of carbonyl (C=O) groups is 1. The Balaban J connectivity index is 2.24. The van der Waals surface area contributed by atoms with Crippen LogP contribution in [0.5, 0.6) is 5.75 Å². The minimum Gasteiger partial charge on any atom is -0.421 e. The van der Waals surface area contributed by atoms with Crippen molar-refractivity contribution in [2.45, 2.75) is 38.1 Å². The lowest BCUT2D eigenvalue weighted by molar-refractivity contribution is -0.561. The number of para-hydroxylation sites is 1. The number of nitro groups is 1. The van der Waals surface area contributed by atoms with Crippen LogP contribution in [-0.4, -0.2) is 16.4 Å². The molecule has 0 aromatic heterocycles. The number of nitrogens with zero attached hydrogens (tertiary/aromatic N) is 1. The molecule has 0 saturated heterocycles. The van der Waals surface area contributed by atoms with Crippen molar-refractivity contribution in [3.05, 3.63) is 51.1 Å². The number of rotatable bonds is 1. The van der Waals surface area contributed by atoms with E-state index >= 15 is 0 Å². The number of carbonyl (C=O) groups excluding carboxylic acids is 1. The zero-order chi connectivity index (χ0) is 14.5. The van der Waals surface area contributed by atoms with Gasteiger partial charge in [0.2, 0.25) is 0 Å². The summed E-state index contributed by atoms with van der Waals surface area (Å²) in [4.78, 5) is 23.5. The number of hydrogen-bond acceptors (Lipinski definition) is 4. The fourth-order valence-electron chi connectivity index (χ4n) is 3.23. The standard InChI is InChI=1S/C15H15NO4/c1-9-7-12-11-5-3-4-6-13(11)20-14(17)15(12,16(18)19)8-10(9)2/h3-6,12H,7-8H2,1-2H3/t12-,15+/m1/s1. The monoisotopic (exact) mass is 273 g/mol. The minimum absolute atomic E-state index is 0.129. The Morgan fingerprint density at radius 1 is 1.30 bits per heavy atom. The van der Waals surface area contributed by atoms with E-state index in [0.717, 1.165) is 16.7 Å². The van der Waals surface area contributed by atoms with E-state index in [1.807, 2.05) is 26.0 Å². The third kappa shape index (κ3) is 1.52. The average Bonchev–Trinajstić information content (AvgIpc) is 2.41. The van der Waals surface area contributed by atoms with E-state index in [1.165, 1.54) is 0 Å². The maximum absolute atomic E-state index is 12.3. The largest absolute Gasteiger partial charge is 0.421 e. The maximum Gasteiger partial charge on any atom is 0.391 e. The average molecular weight is 273 g/mol. The van der Waals surface area contributed by atoms with Crippen LogP contribution in [0.3, 0.4) is 0 Å². The van der Waals surface area contributed by atoms with Gasteiger partial charge in [0.1, 0.15) is 5.75 Å². The summed E-state index contributed by atoms with van der Waals surface area (Å²) in [5.41, 5.74) is 1.12. The molecular formula is C15H15NO4. The van der Waals surface area contributed by atoms with Crippen molar-refractivity contribution >= 4 is 5.97 Å². The lowest BCUT2D eigenvalue weighted by Crippen LogP contribution is -2.57. The molecule has 0 amide bonds. The first-order valence-corrected chi connectivity index (χ1v) is 6.57. The fourth-order valence-corrected chi connectivity index (χ4v) is 3.23. The summed E-state index contributed by atoms with van der Waals surface area (Å²) in [6.07, 6.45) is 0.655. The Hall–Kier alpha value is -2.17. The van der Waals surface area contributed by atoms with Gasteiger partial charge in [0, 0.05) is 10.5 Å². The van der Waals surface area contributed by atoms with Crippen molar-refractivity contribution in [2.24, 2.45) is 0 Å². The molecular weight excluding hydrogens is 258 g/mol. The third-order valence-corrected chi connectivity index (χ3v) is 4.53. The van der Waals surface area contributed by atoms with Crippen molar-refractivity contribution < 1.29 is 14.5 Å². The van der Waals surface area contributed by atoms with Crippen molar-refractivity contribution in [3.8, 4) is 5.75 Å². The Kier molecular flexibility index (Phi) is 2.67. The minimum atomic E-state index is -1.67. The van der Waals surface area contributed by atoms with Crippen LogP contribution in [0.4, 0.5) is 0 Å². The summed E-state index contributed by atoms with van der Waals surface area (Å²) in [6, 6.07) is 7.10. The molecule has 1 aliphatic heterocycles. The van der Waals surface area contributed by atoms with Gasteiger partial charge in [-0.1, -0.05) is 29.3 Å². The first-order chi connectivity index (χ1) is 9.46.